The summed E-state index contributed by atoms with van der Waals surface area (Å²) in [5.41, 5.74) is 1.35. The van der Waals surface area contributed by atoms with Crippen molar-refractivity contribution in [3.63, 3.8) is 0 Å². The van der Waals surface area contributed by atoms with Gasteiger partial charge in [0, 0.05) is 20.8 Å². The van der Waals surface area contributed by atoms with Gasteiger partial charge in [-0.3, -0.25) is 4.90 Å². The van der Waals surface area contributed by atoms with Crippen LogP contribution in [-0.2, 0) is 16.0 Å². The Bertz CT molecular complexity index is 324. The van der Waals surface area contributed by atoms with Crippen LogP contribution in [0.3, 0.4) is 0 Å². The Hall–Kier alpha value is -0.900. The highest BCUT2D eigenvalue weighted by molar-refractivity contribution is 5.14. The SMILES string of the molecule is COC(OC)C1CCCN1Cc1ccccc1. The largest absolute Gasteiger partial charge is 0.354 e. The first-order chi connectivity index (χ1) is 8.35. The van der Waals surface area contributed by atoms with Gasteiger partial charge in [0.15, 0.2) is 6.29 Å². The maximum Gasteiger partial charge on any atom is 0.172 e. The van der Waals surface area contributed by atoms with E-state index in [2.05, 4.69) is 35.2 Å². The Labute approximate surface area is 103 Å². The van der Waals surface area contributed by atoms with Gasteiger partial charge < -0.3 is 9.47 Å². The normalized spacial score (nSPS) is 21.2. The molecule has 0 spiro atoms. The molecule has 1 aliphatic heterocycles. The Balaban J connectivity index is 2.00. The van der Waals surface area contributed by atoms with E-state index in [1.165, 1.54) is 12.0 Å². The van der Waals surface area contributed by atoms with Crippen molar-refractivity contribution in [2.75, 3.05) is 20.8 Å². The topological polar surface area (TPSA) is 21.7 Å². The van der Waals surface area contributed by atoms with Gasteiger partial charge in [0.1, 0.15) is 0 Å². The van der Waals surface area contributed by atoms with Crippen molar-refractivity contribution in [1.82, 2.24) is 4.90 Å². The number of ether oxygens (including phenoxy) is 2. The summed E-state index contributed by atoms with van der Waals surface area (Å²) in [6.07, 6.45) is 2.26. The molecule has 3 heteroatoms. The van der Waals surface area contributed by atoms with Crippen LogP contribution in [0.1, 0.15) is 18.4 Å². The van der Waals surface area contributed by atoms with Gasteiger partial charge in [-0.2, -0.15) is 0 Å². The zero-order valence-corrected chi connectivity index (χ0v) is 10.6. The average molecular weight is 235 g/mol. The van der Waals surface area contributed by atoms with Gasteiger partial charge in [-0.1, -0.05) is 30.3 Å². The van der Waals surface area contributed by atoms with E-state index in [1.807, 2.05) is 0 Å². The molecule has 94 valence electrons. The summed E-state index contributed by atoms with van der Waals surface area (Å²) in [5.74, 6) is 0. The molecule has 1 aromatic carbocycles. The monoisotopic (exact) mass is 235 g/mol. The predicted octanol–water partition coefficient (Wildman–Crippen LogP) is 2.27. The molecular weight excluding hydrogens is 214 g/mol. The molecule has 3 nitrogen and oxygen atoms in total. The van der Waals surface area contributed by atoms with Crippen LogP contribution in [0.2, 0.25) is 0 Å². The zero-order chi connectivity index (χ0) is 12.1. The van der Waals surface area contributed by atoms with Crippen LogP contribution in [-0.4, -0.2) is 38.0 Å². The summed E-state index contributed by atoms with van der Waals surface area (Å²) in [4.78, 5) is 2.45. The van der Waals surface area contributed by atoms with Crippen molar-refractivity contribution < 1.29 is 9.47 Å². The number of nitrogens with zero attached hydrogens (tertiary/aromatic N) is 1. The minimum Gasteiger partial charge on any atom is -0.354 e. The van der Waals surface area contributed by atoms with Crippen LogP contribution in [0.25, 0.3) is 0 Å². The molecule has 1 aromatic rings. The Morgan fingerprint density at radius 1 is 1.24 bits per heavy atom. The summed E-state index contributed by atoms with van der Waals surface area (Å²) in [6.45, 7) is 2.11. The molecule has 0 aliphatic carbocycles. The van der Waals surface area contributed by atoms with Crippen molar-refractivity contribution in [2.24, 2.45) is 0 Å². The Morgan fingerprint density at radius 3 is 2.59 bits per heavy atom. The first-order valence-corrected chi connectivity index (χ1v) is 6.18. The van der Waals surface area contributed by atoms with Crippen molar-refractivity contribution in [2.45, 2.75) is 31.7 Å². The van der Waals surface area contributed by atoms with Crippen molar-refractivity contribution in [3.05, 3.63) is 35.9 Å². The van der Waals surface area contributed by atoms with Gasteiger partial charge in [0.05, 0.1) is 6.04 Å². The zero-order valence-electron chi connectivity index (χ0n) is 10.6. The van der Waals surface area contributed by atoms with E-state index < -0.39 is 0 Å². The molecule has 0 saturated carbocycles. The number of hydrogen-bond donors (Lipinski definition) is 0. The molecular formula is C14H21NO2. The second kappa shape index (κ2) is 6.15. The van der Waals surface area contributed by atoms with Crippen LogP contribution in [0.4, 0.5) is 0 Å². The average Bonchev–Trinajstić information content (AvgIpc) is 2.81. The van der Waals surface area contributed by atoms with E-state index in [0.29, 0.717) is 6.04 Å². The molecule has 2 rings (SSSR count). The maximum atomic E-state index is 5.39. The van der Waals surface area contributed by atoms with Gasteiger partial charge in [-0.05, 0) is 24.9 Å². The molecule has 1 unspecified atom stereocenters. The fraction of sp³-hybridized carbons (Fsp3) is 0.571. The summed E-state index contributed by atoms with van der Waals surface area (Å²) in [6, 6.07) is 11.0. The van der Waals surface area contributed by atoms with E-state index in [-0.39, 0.29) is 6.29 Å². The fourth-order valence-electron chi connectivity index (χ4n) is 2.58. The lowest BCUT2D eigenvalue weighted by Crippen LogP contribution is -2.40. The van der Waals surface area contributed by atoms with Crippen molar-refractivity contribution in [1.29, 1.82) is 0 Å². The van der Waals surface area contributed by atoms with Gasteiger partial charge in [-0.15, -0.1) is 0 Å². The van der Waals surface area contributed by atoms with E-state index in [4.69, 9.17) is 9.47 Å². The molecule has 0 bridgehead atoms. The molecule has 1 atom stereocenters. The van der Waals surface area contributed by atoms with Crippen LogP contribution < -0.4 is 0 Å². The highest BCUT2D eigenvalue weighted by atomic mass is 16.7. The van der Waals surface area contributed by atoms with Crippen molar-refractivity contribution in [3.8, 4) is 0 Å². The molecule has 0 radical (unpaired) electrons. The third-order valence-electron chi connectivity index (χ3n) is 3.42. The van der Waals surface area contributed by atoms with Crippen molar-refractivity contribution >= 4 is 0 Å². The highest BCUT2D eigenvalue weighted by Gasteiger charge is 2.31. The number of rotatable bonds is 5. The predicted molar refractivity (Wildman–Crippen MR) is 67.7 cm³/mol. The number of methoxy groups -OCH3 is 2. The van der Waals surface area contributed by atoms with Gasteiger partial charge in [0.25, 0.3) is 0 Å². The molecule has 1 fully saturated rings. The quantitative estimate of drug-likeness (QED) is 0.731. The molecule has 0 amide bonds. The van der Waals surface area contributed by atoms with Crippen LogP contribution >= 0.6 is 0 Å². The minimum absolute atomic E-state index is 0.110. The standard InChI is InChI=1S/C14H21NO2/c1-16-14(17-2)13-9-6-10-15(13)11-12-7-4-3-5-8-12/h3-5,7-8,13-14H,6,9-11H2,1-2H3. The molecule has 1 saturated heterocycles. The van der Waals surface area contributed by atoms with Crippen LogP contribution in [0.5, 0.6) is 0 Å². The lowest BCUT2D eigenvalue weighted by molar-refractivity contribution is -0.141. The molecule has 0 aromatic heterocycles. The first kappa shape index (κ1) is 12.6. The van der Waals surface area contributed by atoms with Gasteiger partial charge >= 0.3 is 0 Å². The fourth-order valence-corrected chi connectivity index (χ4v) is 2.58. The van der Waals surface area contributed by atoms with Crippen LogP contribution in [0, 0.1) is 0 Å². The first-order valence-electron chi connectivity index (χ1n) is 6.18. The number of hydrogen-bond acceptors (Lipinski definition) is 3. The second-order valence-electron chi connectivity index (χ2n) is 4.51. The lowest BCUT2D eigenvalue weighted by atomic mass is 10.1. The van der Waals surface area contributed by atoms with E-state index in [9.17, 15) is 0 Å². The van der Waals surface area contributed by atoms with E-state index in [0.717, 1.165) is 19.5 Å². The third kappa shape index (κ3) is 3.06. The molecule has 17 heavy (non-hydrogen) atoms. The molecule has 0 N–H and O–H groups in total. The minimum atomic E-state index is -0.110. The second-order valence-corrected chi connectivity index (χ2v) is 4.51. The van der Waals surface area contributed by atoms with Gasteiger partial charge in [-0.25, -0.2) is 0 Å². The maximum absolute atomic E-state index is 5.39. The van der Waals surface area contributed by atoms with E-state index >= 15 is 0 Å². The number of likely N-dealkylation sites (tertiary alicyclic amines) is 1. The third-order valence-corrected chi connectivity index (χ3v) is 3.42. The summed E-state index contributed by atoms with van der Waals surface area (Å²) < 4.78 is 10.8. The molecule has 1 heterocycles. The molecule has 1 aliphatic rings. The van der Waals surface area contributed by atoms with Gasteiger partial charge in [0.2, 0.25) is 0 Å². The summed E-state index contributed by atoms with van der Waals surface area (Å²) in [7, 11) is 3.43. The van der Waals surface area contributed by atoms with Crippen LogP contribution in [0.15, 0.2) is 30.3 Å². The summed E-state index contributed by atoms with van der Waals surface area (Å²) >= 11 is 0. The Morgan fingerprint density at radius 2 is 1.94 bits per heavy atom. The summed E-state index contributed by atoms with van der Waals surface area (Å²) in [5, 5.41) is 0. The number of benzene rings is 1. The highest BCUT2D eigenvalue weighted by Crippen LogP contribution is 2.24. The lowest BCUT2D eigenvalue weighted by Gasteiger charge is -2.29. The smallest absolute Gasteiger partial charge is 0.172 e. The Kier molecular flexibility index (Phi) is 4.54. The van der Waals surface area contributed by atoms with E-state index in [1.54, 1.807) is 14.2 Å².